The number of cyclic esters (lactones) is 2. The lowest BCUT2D eigenvalue weighted by Crippen LogP contribution is -2.71. The Morgan fingerprint density at radius 3 is 2.45 bits per heavy atom. The number of Topliss-reactive ketones (excluding diaryl/α,β-unsaturated/α-hetero) is 1. The van der Waals surface area contributed by atoms with Gasteiger partial charge in [-0.1, -0.05) is 19.9 Å². The van der Waals surface area contributed by atoms with Crippen molar-refractivity contribution in [3.8, 4) is 0 Å². The summed E-state index contributed by atoms with van der Waals surface area (Å²) in [5.41, 5.74) is -2.94. The normalized spacial score (nSPS) is 49.5. The minimum absolute atomic E-state index is 0.0727. The van der Waals surface area contributed by atoms with Gasteiger partial charge in [0.2, 0.25) is 0 Å². The van der Waals surface area contributed by atoms with Crippen molar-refractivity contribution in [2.45, 2.75) is 77.3 Å². The molecule has 7 heteroatoms. The zero-order valence-corrected chi connectivity index (χ0v) is 19.7. The smallest absolute Gasteiger partial charge is 0.339 e. The zero-order valence-electron chi connectivity index (χ0n) is 19.7. The van der Waals surface area contributed by atoms with Crippen LogP contribution < -0.4 is 0 Å². The minimum atomic E-state index is -0.958. The third-order valence-corrected chi connectivity index (χ3v) is 10.0. The van der Waals surface area contributed by atoms with Crippen molar-refractivity contribution in [2.75, 3.05) is 0 Å². The largest absolute Gasteiger partial charge is 0.472 e. The number of ketones is 1. The number of fused-ring (bicyclic) bond motifs is 3. The summed E-state index contributed by atoms with van der Waals surface area (Å²) >= 11 is 0. The van der Waals surface area contributed by atoms with Crippen molar-refractivity contribution in [3.63, 3.8) is 0 Å². The summed E-state index contributed by atoms with van der Waals surface area (Å²) < 4.78 is 23.3. The third kappa shape index (κ3) is 2.23. The Balaban J connectivity index is 1.53. The fourth-order valence-corrected chi connectivity index (χ4v) is 8.49. The second-order valence-corrected chi connectivity index (χ2v) is 11.7. The Kier molecular flexibility index (Phi) is 3.83. The molecule has 0 N–H and O–H groups in total. The molecule has 2 aliphatic carbocycles. The molecule has 3 aliphatic heterocycles. The first-order chi connectivity index (χ1) is 15.4. The van der Waals surface area contributed by atoms with Crippen molar-refractivity contribution in [1.29, 1.82) is 0 Å². The van der Waals surface area contributed by atoms with Gasteiger partial charge in [-0.15, -0.1) is 0 Å². The number of hydrogen-bond donors (Lipinski definition) is 0. The molecule has 0 aromatic carbocycles. The molecule has 7 nitrogen and oxygen atoms in total. The minimum Gasteiger partial charge on any atom is -0.472 e. The number of carbonyl (C=O) groups is 3. The molecule has 1 aromatic rings. The van der Waals surface area contributed by atoms with Crippen LogP contribution in [-0.4, -0.2) is 35.0 Å². The molecular weight excluding hydrogens is 424 g/mol. The van der Waals surface area contributed by atoms with Gasteiger partial charge in [0.1, 0.15) is 23.1 Å². The Bertz CT molecular complexity index is 1100. The van der Waals surface area contributed by atoms with Gasteiger partial charge in [-0.25, -0.2) is 9.59 Å². The second kappa shape index (κ2) is 5.98. The molecule has 176 valence electrons. The van der Waals surface area contributed by atoms with E-state index in [1.165, 1.54) is 6.08 Å². The van der Waals surface area contributed by atoms with Gasteiger partial charge in [0.05, 0.1) is 17.9 Å². The zero-order chi connectivity index (χ0) is 23.6. The van der Waals surface area contributed by atoms with E-state index in [9.17, 15) is 14.4 Å². The Hall–Kier alpha value is -2.41. The summed E-state index contributed by atoms with van der Waals surface area (Å²) in [5, 5.41) is 0. The van der Waals surface area contributed by atoms with Crippen molar-refractivity contribution < 1.29 is 33.0 Å². The molecule has 0 amide bonds. The summed E-state index contributed by atoms with van der Waals surface area (Å²) in [4.78, 5) is 39.6. The maximum absolute atomic E-state index is 14.1. The first-order valence-electron chi connectivity index (χ1n) is 11.8. The lowest BCUT2D eigenvalue weighted by molar-refractivity contribution is -0.215. The molecule has 4 heterocycles. The van der Waals surface area contributed by atoms with E-state index < -0.39 is 45.6 Å². The molecule has 8 atom stereocenters. The second-order valence-electron chi connectivity index (χ2n) is 11.7. The van der Waals surface area contributed by atoms with Crippen LogP contribution in [0.5, 0.6) is 0 Å². The van der Waals surface area contributed by atoms with Gasteiger partial charge < -0.3 is 18.6 Å². The highest BCUT2D eigenvalue weighted by atomic mass is 16.7. The van der Waals surface area contributed by atoms with Gasteiger partial charge in [0.25, 0.3) is 0 Å². The fourth-order valence-electron chi connectivity index (χ4n) is 8.49. The predicted octanol–water partition coefficient (Wildman–Crippen LogP) is 3.92. The van der Waals surface area contributed by atoms with E-state index in [0.717, 1.165) is 12.0 Å². The van der Waals surface area contributed by atoms with Crippen LogP contribution >= 0.6 is 0 Å². The van der Waals surface area contributed by atoms with Crippen LogP contribution in [0.4, 0.5) is 0 Å². The van der Waals surface area contributed by atoms with Crippen LogP contribution in [0.2, 0.25) is 0 Å². The van der Waals surface area contributed by atoms with Gasteiger partial charge in [-0.05, 0) is 51.0 Å². The number of esters is 2. The number of furan rings is 1. The quantitative estimate of drug-likeness (QED) is 0.469. The number of hydrogen-bond acceptors (Lipinski definition) is 7. The Morgan fingerprint density at radius 1 is 1.00 bits per heavy atom. The summed E-state index contributed by atoms with van der Waals surface area (Å²) in [6.07, 6.45) is 7.04. The molecule has 2 saturated heterocycles. The molecule has 0 unspecified atom stereocenters. The van der Waals surface area contributed by atoms with Gasteiger partial charge >= 0.3 is 11.9 Å². The fraction of sp³-hybridized carbons (Fsp3) is 0.654. The van der Waals surface area contributed by atoms with E-state index in [2.05, 4.69) is 13.8 Å². The highest BCUT2D eigenvalue weighted by molar-refractivity contribution is 5.93. The maximum atomic E-state index is 14.1. The van der Waals surface area contributed by atoms with Crippen LogP contribution in [0.15, 0.2) is 35.2 Å². The third-order valence-electron chi connectivity index (χ3n) is 10.0. The lowest BCUT2D eigenvalue weighted by atomic mass is 9.37. The molecule has 0 radical (unpaired) electrons. The van der Waals surface area contributed by atoms with E-state index in [0.29, 0.717) is 6.42 Å². The van der Waals surface area contributed by atoms with Crippen LogP contribution in [-0.2, 0) is 28.6 Å². The first kappa shape index (κ1) is 21.1. The molecule has 0 bridgehead atoms. The van der Waals surface area contributed by atoms with Crippen molar-refractivity contribution >= 4 is 17.7 Å². The average Bonchev–Trinajstić information content (AvgIpc) is 3.33. The highest BCUT2D eigenvalue weighted by Gasteiger charge is 2.88. The van der Waals surface area contributed by atoms with Crippen LogP contribution in [0.3, 0.4) is 0 Å². The molecule has 5 aliphatic rings. The topological polar surface area (TPSA) is 95.3 Å². The summed E-state index contributed by atoms with van der Waals surface area (Å²) in [6, 6.07) is 1.81. The average molecular weight is 455 g/mol. The summed E-state index contributed by atoms with van der Waals surface area (Å²) in [5.74, 6) is -1.02. The van der Waals surface area contributed by atoms with Crippen molar-refractivity contribution in [1.82, 2.24) is 0 Å². The van der Waals surface area contributed by atoms with Crippen molar-refractivity contribution in [2.24, 2.45) is 28.1 Å². The predicted molar refractivity (Wildman–Crippen MR) is 115 cm³/mol. The molecule has 4 fully saturated rings. The molecule has 2 saturated carbocycles. The van der Waals surface area contributed by atoms with E-state index in [1.807, 2.05) is 32.9 Å². The monoisotopic (exact) mass is 454 g/mol. The van der Waals surface area contributed by atoms with E-state index >= 15 is 0 Å². The number of rotatable bonds is 1. The van der Waals surface area contributed by atoms with E-state index in [4.69, 9.17) is 18.6 Å². The molecule has 6 rings (SSSR count). The van der Waals surface area contributed by atoms with Crippen LogP contribution in [0, 0.1) is 28.1 Å². The van der Waals surface area contributed by atoms with Gasteiger partial charge in [-0.2, -0.15) is 0 Å². The Morgan fingerprint density at radius 2 is 1.76 bits per heavy atom. The van der Waals surface area contributed by atoms with Crippen LogP contribution in [0.25, 0.3) is 0 Å². The van der Waals surface area contributed by atoms with E-state index in [1.54, 1.807) is 12.5 Å². The molecular formula is C26H30O7. The highest BCUT2D eigenvalue weighted by Crippen LogP contribution is 2.78. The number of carbonyl (C=O) groups excluding carboxylic acids is 3. The maximum Gasteiger partial charge on any atom is 0.339 e. The van der Waals surface area contributed by atoms with Gasteiger partial charge in [0.15, 0.2) is 6.10 Å². The molecule has 1 spiro atoms. The number of ether oxygens (including phenoxy) is 3. The summed E-state index contributed by atoms with van der Waals surface area (Å²) in [6.45, 7) is 9.99. The molecule has 1 aromatic heterocycles. The number of epoxide rings is 1. The standard InChI is InChI=1S/C26H30O7/c1-22(2)16-12-17(27)25(5)15(23(16,3)9-7-18(28)32-22)6-10-24(4)19(14-8-11-30-13-14)31-21(29)20-26(24,25)33-20/h7-9,11,13,15-16,19-20H,6,10,12H2,1-5H3/t15-,16-,19+,20-,23+,24+,25-,26-/m1/s1. The van der Waals surface area contributed by atoms with Gasteiger partial charge in [0, 0.05) is 29.4 Å². The summed E-state index contributed by atoms with van der Waals surface area (Å²) in [7, 11) is 0. The van der Waals surface area contributed by atoms with Crippen molar-refractivity contribution in [3.05, 3.63) is 36.3 Å². The van der Waals surface area contributed by atoms with Crippen LogP contribution in [0.1, 0.15) is 65.5 Å². The SMILES string of the molecule is CC1(C)OC(=O)C=C[C@]2(C)[C@@H]1CC(=O)[C@@]1(C)[C@@H]2CC[C@@]2(C)[C@H](c3ccoc3)OC(=O)[C@H]3O[C@]321. The molecule has 33 heavy (non-hydrogen) atoms. The number of allylic oxidation sites excluding steroid dienone is 1. The first-order valence-corrected chi connectivity index (χ1v) is 11.8. The van der Waals surface area contributed by atoms with E-state index in [-0.39, 0.29) is 30.0 Å². The van der Waals surface area contributed by atoms with Gasteiger partial charge in [-0.3, -0.25) is 4.79 Å². The Labute approximate surface area is 192 Å². The lowest BCUT2D eigenvalue weighted by Gasteiger charge is -2.64.